The van der Waals surface area contributed by atoms with Crippen LogP contribution in [0, 0.1) is 0 Å². The first kappa shape index (κ1) is 44.7. The number of fused-ring (bicyclic) bond motifs is 5. The molecule has 0 spiro atoms. The zero-order valence-corrected chi connectivity index (χ0v) is 46.7. The van der Waals surface area contributed by atoms with Crippen molar-refractivity contribution in [3.05, 3.63) is 253 Å². The minimum absolute atomic E-state index is 0.0238. The van der Waals surface area contributed by atoms with E-state index in [2.05, 4.69) is 180 Å². The van der Waals surface area contributed by atoms with Gasteiger partial charge in [-0.05, 0) is 147 Å². The topological polar surface area (TPSA) is 62.5 Å². The van der Waals surface area contributed by atoms with E-state index in [4.69, 9.17) is 16.6 Å². The zero-order chi connectivity index (χ0) is 61.8. The van der Waals surface area contributed by atoms with Gasteiger partial charge in [0.1, 0.15) is 18.2 Å². The number of para-hydroxylation sites is 5. The number of hydrogen-bond acceptors (Lipinski definition) is 6. The molecule has 3 aliphatic rings. The number of hydrogen-bond donors (Lipinski definition) is 2. The Balaban J connectivity index is 1.08. The summed E-state index contributed by atoms with van der Waals surface area (Å²) in [5.41, 5.74) is 14.7. The largest absolute Gasteiger partial charge is 0.457 e. The highest BCUT2D eigenvalue weighted by Gasteiger charge is 2.34. The van der Waals surface area contributed by atoms with Crippen LogP contribution in [0.2, 0.25) is 0 Å². The van der Waals surface area contributed by atoms with E-state index in [0.717, 1.165) is 60.5 Å². The van der Waals surface area contributed by atoms with E-state index >= 15 is 0 Å². The molecule has 9 aromatic rings. The molecule has 0 bridgehead atoms. The molecule has 8 nitrogen and oxygen atoms in total. The van der Waals surface area contributed by atoms with Crippen LogP contribution in [-0.2, 0) is 12.4 Å². The minimum Gasteiger partial charge on any atom is -0.457 e. The van der Waals surface area contributed by atoms with Crippen LogP contribution in [0.4, 0.5) is 22.7 Å². The van der Waals surface area contributed by atoms with Crippen LogP contribution < -0.4 is 25.2 Å². The Kier molecular flexibility index (Phi) is 12.2. The molecule has 0 unspecified atom stereocenters. The Hall–Kier alpha value is -9.14. The quantitative estimate of drug-likeness (QED) is 0.133. The number of aryl methyl sites for hydroxylation is 1. The van der Waals surface area contributed by atoms with E-state index in [1.54, 1.807) is 47.0 Å². The van der Waals surface area contributed by atoms with E-state index in [1.807, 2.05) is 61.3 Å². The molecule has 0 fully saturated rings. The predicted molar refractivity (Wildman–Crippen MR) is 344 cm³/mol. The summed E-state index contributed by atoms with van der Waals surface area (Å²) in [6.45, 7) is 13.4. The maximum absolute atomic E-state index is 9.34. The van der Waals surface area contributed by atoms with Crippen LogP contribution in [0.5, 0.6) is 11.5 Å². The second kappa shape index (κ2) is 22.2. The number of rotatable bonds is 10. The van der Waals surface area contributed by atoms with Crippen LogP contribution >= 0.6 is 0 Å². The second-order valence-corrected chi connectivity index (χ2v) is 22.2. The molecule has 12 rings (SSSR count). The molecule has 7 aromatic carbocycles. The van der Waals surface area contributed by atoms with Crippen molar-refractivity contribution in [1.29, 1.82) is 0 Å². The van der Waals surface area contributed by atoms with Crippen molar-refractivity contribution >= 4 is 81.1 Å². The van der Waals surface area contributed by atoms with Gasteiger partial charge in [0.05, 0.1) is 44.6 Å². The SMILES string of the molecule is [2H]c1c([2H])c([2H])c2c(c1[2H])c1ccc(Oc3cc(-c4c(C(C)C)cccc4C(C)C)cc(N4CN(c5c(/C6=C/C=C\N/C=C\C=C/[B]6)cc(C(C)(C)C)cc5/C5=C/C=C\N/C=C\C=C/[B]5)c5ccccc54)c3)cc1n2-c1nc2ccccc2n1C([2H])([2H])[2H]. The summed E-state index contributed by atoms with van der Waals surface area (Å²) in [6, 6.07) is 37.1. The first-order valence-corrected chi connectivity index (χ1v) is 27.7. The Labute approximate surface area is 488 Å². The van der Waals surface area contributed by atoms with Crippen molar-refractivity contribution in [2.45, 2.75) is 65.7 Å². The maximum atomic E-state index is 9.34. The van der Waals surface area contributed by atoms with E-state index in [-0.39, 0.29) is 46.2 Å². The normalized spacial score (nSPS) is 19.6. The van der Waals surface area contributed by atoms with Gasteiger partial charge in [-0.25, -0.2) is 4.98 Å². The van der Waals surface area contributed by atoms with Gasteiger partial charge < -0.3 is 29.7 Å². The fourth-order valence-electron chi connectivity index (χ4n) is 11.2. The first-order chi connectivity index (χ1) is 42.3. The maximum Gasteiger partial charge on any atom is 0.215 e. The van der Waals surface area contributed by atoms with Crippen LogP contribution in [0.3, 0.4) is 0 Å². The van der Waals surface area contributed by atoms with Crippen molar-refractivity contribution in [2.75, 3.05) is 16.5 Å². The lowest BCUT2D eigenvalue weighted by Gasteiger charge is -2.31. The first-order valence-electron chi connectivity index (χ1n) is 31.2. The van der Waals surface area contributed by atoms with E-state index in [0.29, 0.717) is 40.1 Å². The Bertz CT molecular complexity index is 4420. The van der Waals surface area contributed by atoms with Crippen molar-refractivity contribution in [1.82, 2.24) is 24.8 Å². The third-order valence-corrected chi connectivity index (χ3v) is 15.1. The Morgan fingerprint density at radius 3 is 1.93 bits per heavy atom. The van der Waals surface area contributed by atoms with Gasteiger partial charge >= 0.3 is 0 Å². The number of nitrogens with one attached hydrogen (secondary N) is 2. The second-order valence-electron chi connectivity index (χ2n) is 22.2. The lowest BCUT2D eigenvalue weighted by molar-refractivity contribution is 0.483. The van der Waals surface area contributed by atoms with Gasteiger partial charge in [0.15, 0.2) is 14.6 Å². The standard InChI is InChI=1S/C71H67B2N7O/c1-47(2)54-23-19-24-55(48(3)4)68(54)49-40-51(44-53(41-49)81-52-32-33-57-56-22-9-11-28-63(56)80(67(57)45-52)70-76-62-27-10-12-29-64(62)77(70)8)78-46-79(66-31-14-13-30-65(66)78)69-58(60-25-20-38-74-36-17-15-34-72-60)42-50(71(5,6)7)43-59(69)61-26-21-39-75-37-18-16-35-73-61/h9-45,47-48,74-75H,46H2,1-8H3/b34-15-,35-16-,36-17-,37-18-,38-20-,39-21-,60-25-,61-26-/i8D3,9D,11D,22D,28D. The van der Waals surface area contributed by atoms with Gasteiger partial charge in [0.25, 0.3) is 0 Å². The van der Waals surface area contributed by atoms with Gasteiger partial charge in [-0.15, -0.1) is 12.0 Å². The number of imidazole rings is 1. The molecule has 2 aromatic heterocycles. The molecule has 5 heterocycles. The highest BCUT2D eigenvalue weighted by atomic mass is 16.5. The molecule has 0 saturated heterocycles. The number of anilines is 4. The number of nitrogens with zero attached hydrogens (tertiary/aromatic N) is 5. The summed E-state index contributed by atoms with van der Waals surface area (Å²) in [5.74, 6) is 5.40. The average Bonchev–Trinajstić information content (AvgIpc) is 1.59. The van der Waals surface area contributed by atoms with Gasteiger partial charge in [0.2, 0.25) is 5.95 Å². The van der Waals surface area contributed by atoms with Gasteiger partial charge in [-0.2, -0.15) is 0 Å². The van der Waals surface area contributed by atoms with Gasteiger partial charge in [-0.3, -0.25) is 4.57 Å². The average molecular weight is 1060 g/mol. The monoisotopic (exact) mass is 1060 g/mol. The Morgan fingerprint density at radius 2 is 1.26 bits per heavy atom. The molecular formula is C71H67B2N7O. The smallest absolute Gasteiger partial charge is 0.215 e. The summed E-state index contributed by atoms with van der Waals surface area (Å²) in [6.07, 6.45) is 24.1. The molecule has 2 radical (unpaired) electrons. The minimum atomic E-state index is -2.73. The van der Waals surface area contributed by atoms with E-state index in [9.17, 15) is 2.74 Å². The molecule has 10 heteroatoms. The fourth-order valence-corrected chi connectivity index (χ4v) is 11.2. The molecule has 2 N–H and O–H groups in total. The lowest BCUT2D eigenvalue weighted by atomic mass is 9.62. The highest BCUT2D eigenvalue weighted by molar-refractivity contribution is 6.67. The molecule has 0 amide bonds. The number of aromatic nitrogens is 3. The third-order valence-electron chi connectivity index (χ3n) is 15.1. The Morgan fingerprint density at radius 1 is 0.617 bits per heavy atom. The molecule has 3 aliphatic heterocycles. The third kappa shape index (κ3) is 10.3. The highest BCUT2D eigenvalue weighted by Crippen LogP contribution is 2.51. The molecule has 81 heavy (non-hydrogen) atoms. The fraction of sp³-hybridized carbons (Fsp3) is 0.169. The van der Waals surface area contributed by atoms with Crippen molar-refractivity contribution in [3.63, 3.8) is 0 Å². The van der Waals surface area contributed by atoms with E-state index in [1.165, 1.54) is 16.7 Å². The number of benzene rings is 7. The predicted octanol–water partition coefficient (Wildman–Crippen LogP) is 17.3. The summed E-state index contributed by atoms with van der Waals surface area (Å²) in [7, 11) is 4.36. The van der Waals surface area contributed by atoms with Crippen molar-refractivity contribution in [2.24, 2.45) is 6.98 Å². The molecule has 0 atom stereocenters. The zero-order valence-electron chi connectivity index (χ0n) is 53.7. The molecule has 398 valence electrons. The number of allylic oxidation sites excluding steroid dienone is 8. The molecule has 0 aliphatic carbocycles. The number of ether oxygens (including phenoxy) is 1. The van der Waals surface area contributed by atoms with Gasteiger partial charge in [0, 0.05) is 64.5 Å². The van der Waals surface area contributed by atoms with E-state index < -0.39 is 19.1 Å². The molecular weight excluding hydrogens is 988 g/mol. The summed E-state index contributed by atoms with van der Waals surface area (Å²) in [5, 5.41) is 7.24. The van der Waals surface area contributed by atoms with Crippen LogP contribution in [0.25, 0.3) is 60.9 Å². The summed E-state index contributed by atoms with van der Waals surface area (Å²) in [4.78, 5) is 9.68. The lowest BCUT2D eigenvalue weighted by Crippen LogP contribution is -2.26. The van der Waals surface area contributed by atoms with Crippen molar-refractivity contribution < 1.29 is 14.3 Å². The van der Waals surface area contributed by atoms with Crippen LogP contribution in [0.15, 0.2) is 225 Å². The summed E-state index contributed by atoms with van der Waals surface area (Å²) < 4.78 is 72.5. The van der Waals surface area contributed by atoms with Crippen LogP contribution in [0.1, 0.15) is 97.7 Å². The van der Waals surface area contributed by atoms with Gasteiger partial charge in [-0.1, -0.05) is 144 Å². The van der Waals surface area contributed by atoms with Crippen molar-refractivity contribution in [3.8, 4) is 28.6 Å². The van der Waals surface area contributed by atoms with Crippen LogP contribution in [-0.4, -0.2) is 35.3 Å². The molecule has 0 saturated carbocycles. The summed E-state index contributed by atoms with van der Waals surface area (Å²) >= 11 is 0.